The van der Waals surface area contributed by atoms with Crippen LogP contribution >= 0.6 is 0 Å². The van der Waals surface area contributed by atoms with Crippen molar-refractivity contribution in [3.63, 3.8) is 0 Å². The van der Waals surface area contributed by atoms with Crippen molar-refractivity contribution in [2.24, 2.45) is 0 Å². The number of carbonyl (C=O) groups is 1. The Morgan fingerprint density at radius 2 is 1.85 bits per heavy atom. The van der Waals surface area contributed by atoms with Crippen molar-refractivity contribution >= 4 is 11.6 Å². The molecule has 0 spiro atoms. The lowest BCUT2D eigenvalue weighted by Crippen LogP contribution is -2.41. The van der Waals surface area contributed by atoms with E-state index in [4.69, 9.17) is 0 Å². The first kappa shape index (κ1) is 19.2. The molecule has 0 saturated carbocycles. The van der Waals surface area contributed by atoms with E-state index in [1.54, 1.807) is 6.92 Å². The molecule has 27 heavy (non-hydrogen) atoms. The van der Waals surface area contributed by atoms with Crippen molar-refractivity contribution < 1.29 is 22.7 Å². The lowest BCUT2D eigenvalue weighted by molar-refractivity contribution is -0.274. The Bertz CT molecular complexity index is 791. The quantitative estimate of drug-likeness (QED) is 0.801. The maximum Gasteiger partial charge on any atom is 0.573 e. The summed E-state index contributed by atoms with van der Waals surface area (Å²) in [4.78, 5) is 12.4. The number of hydrogen-bond donors (Lipinski definition) is 2. The monoisotopic (exact) mass is 378 g/mol. The van der Waals surface area contributed by atoms with E-state index in [9.17, 15) is 18.0 Å². The fraction of sp³-hybridized carbons (Fsp3) is 0.350. The first-order chi connectivity index (χ1) is 12.8. The van der Waals surface area contributed by atoms with Gasteiger partial charge in [-0.05, 0) is 61.6 Å². The molecule has 7 heteroatoms. The summed E-state index contributed by atoms with van der Waals surface area (Å²) in [6, 6.07) is 12.9. The fourth-order valence-corrected chi connectivity index (χ4v) is 3.29. The maximum atomic E-state index is 12.4. The van der Waals surface area contributed by atoms with Crippen LogP contribution in [0.2, 0.25) is 0 Å². The molecule has 2 aromatic rings. The summed E-state index contributed by atoms with van der Waals surface area (Å²) in [5.74, 6) is -0.576. The number of aryl methyl sites for hydroxylation is 1. The van der Waals surface area contributed by atoms with Gasteiger partial charge in [-0.3, -0.25) is 10.1 Å². The summed E-state index contributed by atoms with van der Waals surface area (Å²) in [5, 5.41) is 6.06. The average molecular weight is 378 g/mol. The number of amides is 1. The second-order valence-corrected chi connectivity index (χ2v) is 6.59. The van der Waals surface area contributed by atoms with Gasteiger partial charge in [0.1, 0.15) is 5.75 Å². The number of fused-ring (bicyclic) bond motifs is 1. The van der Waals surface area contributed by atoms with E-state index >= 15 is 0 Å². The Balaban J connectivity index is 1.58. The van der Waals surface area contributed by atoms with Gasteiger partial charge in [-0.25, -0.2) is 0 Å². The minimum absolute atomic E-state index is 0.110. The number of ether oxygens (including phenoxy) is 1. The van der Waals surface area contributed by atoms with Crippen LogP contribution in [0.4, 0.5) is 18.9 Å². The molecule has 0 aromatic heterocycles. The highest BCUT2D eigenvalue weighted by Crippen LogP contribution is 2.30. The number of halogens is 3. The highest BCUT2D eigenvalue weighted by Gasteiger charge is 2.31. The Kier molecular flexibility index (Phi) is 5.70. The lowest BCUT2D eigenvalue weighted by atomic mass is 9.87. The molecule has 0 unspecified atom stereocenters. The van der Waals surface area contributed by atoms with Crippen LogP contribution in [0.3, 0.4) is 0 Å². The second-order valence-electron chi connectivity index (χ2n) is 6.59. The zero-order valence-electron chi connectivity index (χ0n) is 14.8. The minimum atomic E-state index is -4.74. The number of nitrogens with one attached hydrogen (secondary N) is 2. The van der Waals surface area contributed by atoms with Crippen molar-refractivity contribution in [3.05, 3.63) is 59.7 Å². The van der Waals surface area contributed by atoms with Gasteiger partial charge in [0, 0.05) is 11.7 Å². The van der Waals surface area contributed by atoms with Crippen LogP contribution in [0, 0.1) is 0 Å². The second kappa shape index (κ2) is 8.00. The summed E-state index contributed by atoms with van der Waals surface area (Å²) < 4.78 is 40.4. The molecule has 2 atom stereocenters. The Labute approximate surface area is 155 Å². The van der Waals surface area contributed by atoms with Crippen LogP contribution in [-0.2, 0) is 11.2 Å². The number of rotatable bonds is 5. The molecule has 0 fully saturated rings. The SMILES string of the molecule is C[C@H](N[C@H]1CCCc2ccccc21)C(=O)Nc1ccc(OC(F)(F)F)cc1. The average Bonchev–Trinajstić information content (AvgIpc) is 2.62. The number of anilines is 1. The van der Waals surface area contributed by atoms with Crippen molar-refractivity contribution in [1.29, 1.82) is 0 Å². The largest absolute Gasteiger partial charge is 0.573 e. The van der Waals surface area contributed by atoms with Gasteiger partial charge in [0.25, 0.3) is 0 Å². The van der Waals surface area contributed by atoms with Gasteiger partial charge < -0.3 is 10.1 Å². The van der Waals surface area contributed by atoms with E-state index in [1.807, 2.05) is 12.1 Å². The number of alkyl halides is 3. The molecule has 1 aliphatic carbocycles. The van der Waals surface area contributed by atoms with E-state index in [2.05, 4.69) is 27.5 Å². The molecule has 0 saturated heterocycles. The third-order valence-electron chi connectivity index (χ3n) is 4.57. The molecule has 0 bridgehead atoms. The molecule has 4 nitrogen and oxygen atoms in total. The van der Waals surface area contributed by atoms with Crippen molar-refractivity contribution in [3.8, 4) is 5.75 Å². The molecule has 0 aliphatic heterocycles. The third kappa shape index (κ3) is 5.23. The molecular formula is C20H21F3N2O2. The summed E-state index contributed by atoms with van der Waals surface area (Å²) in [7, 11) is 0. The predicted octanol–water partition coefficient (Wildman–Crippen LogP) is 4.58. The molecule has 0 radical (unpaired) electrons. The van der Waals surface area contributed by atoms with Crippen molar-refractivity contribution in [2.45, 2.75) is 44.6 Å². The predicted molar refractivity (Wildman–Crippen MR) is 96.5 cm³/mol. The molecule has 144 valence electrons. The maximum absolute atomic E-state index is 12.4. The standard InChI is InChI=1S/C20H21F3N2O2/c1-13(24-18-8-4-6-14-5-2-3-7-17(14)18)19(26)25-15-9-11-16(12-10-15)27-20(21,22)23/h2-3,5,7,9-13,18,24H,4,6,8H2,1H3,(H,25,26)/t13-,18-/m0/s1. The van der Waals surface area contributed by atoms with Gasteiger partial charge in [-0.2, -0.15) is 0 Å². The lowest BCUT2D eigenvalue weighted by Gasteiger charge is -2.29. The summed E-state index contributed by atoms with van der Waals surface area (Å²) in [6.07, 6.45) is -1.68. The zero-order valence-corrected chi connectivity index (χ0v) is 14.8. The van der Waals surface area contributed by atoms with Crippen LogP contribution < -0.4 is 15.4 Å². The van der Waals surface area contributed by atoms with Gasteiger partial charge >= 0.3 is 6.36 Å². The van der Waals surface area contributed by atoms with Crippen LogP contribution in [0.5, 0.6) is 5.75 Å². The van der Waals surface area contributed by atoms with Crippen LogP contribution in [-0.4, -0.2) is 18.3 Å². The molecule has 1 amide bonds. The highest BCUT2D eigenvalue weighted by atomic mass is 19.4. The zero-order chi connectivity index (χ0) is 19.4. The van der Waals surface area contributed by atoms with E-state index < -0.39 is 12.4 Å². The molecular weight excluding hydrogens is 357 g/mol. The van der Waals surface area contributed by atoms with Crippen molar-refractivity contribution in [2.75, 3.05) is 5.32 Å². The molecule has 0 heterocycles. The Hall–Kier alpha value is -2.54. The highest BCUT2D eigenvalue weighted by molar-refractivity contribution is 5.94. The van der Waals surface area contributed by atoms with Gasteiger partial charge in [-0.1, -0.05) is 24.3 Å². The third-order valence-corrected chi connectivity index (χ3v) is 4.57. The number of hydrogen-bond acceptors (Lipinski definition) is 3. The number of carbonyl (C=O) groups excluding carboxylic acids is 1. The normalized spacial score (nSPS) is 17.7. The topological polar surface area (TPSA) is 50.4 Å². The van der Waals surface area contributed by atoms with Crippen LogP contribution in [0.25, 0.3) is 0 Å². The molecule has 2 aromatic carbocycles. The van der Waals surface area contributed by atoms with Gasteiger partial charge in [0.15, 0.2) is 0 Å². The fourth-order valence-electron chi connectivity index (χ4n) is 3.29. The summed E-state index contributed by atoms with van der Waals surface area (Å²) >= 11 is 0. The first-order valence-electron chi connectivity index (χ1n) is 8.82. The van der Waals surface area contributed by atoms with Crippen molar-refractivity contribution in [1.82, 2.24) is 5.32 Å². The molecule has 3 rings (SSSR count). The summed E-state index contributed by atoms with van der Waals surface area (Å²) in [6.45, 7) is 1.77. The minimum Gasteiger partial charge on any atom is -0.406 e. The Morgan fingerprint density at radius 3 is 2.56 bits per heavy atom. The smallest absolute Gasteiger partial charge is 0.406 e. The van der Waals surface area contributed by atoms with E-state index in [0.717, 1.165) is 19.3 Å². The van der Waals surface area contributed by atoms with Gasteiger partial charge in [-0.15, -0.1) is 13.2 Å². The Morgan fingerprint density at radius 1 is 1.15 bits per heavy atom. The van der Waals surface area contributed by atoms with E-state index in [0.29, 0.717) is 5.69 Å². The molecule has 2 N–H and O–H groups in total. The van der Waals surface area contributed by atoms with E-state index in [-0.39, 0.29) is 17.7 Å². The van der Waals surface area contributed by atoms with Gasteiger partial charge in [0.2, 0.25) is 5.91 Å². The summed E-state index contributed by atoms with van der Waals surface area (Å²) in [5.41, 5.74) is 2.93. The molecule has 1 aliphatic rings. The van der Waals surface area contributed by atoms with Gasteiger partial charge in [0.05, 0.1) is 6.04 Å². The van der Waals surface area contributed by atoms with Crippen LogP contribution in [0.1, 0.15) is 36.9 Å². The van der Waals surface area contributed by atoms with E-state index in [1.165, 1.54) is 35.4 Å². The van der Waals surface area contributed by atoms with Crippen LogP contribution in [0.15, 0.2) is 48.5 Å². The number of benzene rings is 2. The first-order valence-corrected chi connectivity index (χ1v) is 8.82.